The summed E-state index contributed by atoms with van der Waals surface area (Å²) in [6.07, 6.45) is -2.66. The van der Waals surface area contributed by atoms with Gasteiger partial charge in [0.2, 0.25) is 5.91 Å². The minimum absolute atomic E-state index is 0.155. The maximum absolute atomic E-state index is 12.6. The Kier molecular flexibility index (Phi) is 4.43. The molecule has 0 saturated carbocycles. The lowest BCUT2D eigenvalue weighted by Crippen LogP contribution is -2.20. The van der Waals surface area contributed by atoms with Gasteiger partial charge in [0.15, 0.2) is 5.13 Å². The Morgan fingerprint density at radius 3 is 2.88 bits per heavy atom. The van der Waals surface area contributed by atoms with Crippen LogP contribution < -0.4 is 10.1 Å². The number of alkyl halides is 2. The standard InChI is InChI=1S/C15H14F2N4O2S/c1-8-5-11(14(16)17)20-21(8)7-13(22)19-15-18-10-4-3-9(23-2)6-12(10)24-15/h3-6,14H,7H2,1-2H3,(H,18,19,22). The van der Waals surface area contributed by atoms with E-state index in [-0.39, 0.29) is 18.1 Å². The number of aromatic nitrogens is 3. The number of amides is 1. The highest BCUT2D eigenvalue weighted by Gasteiger charge is 2.16. The first-order chi connectivity index (χ1) is 11.5. The molecule has 0 spiro atoms. The molecule has 1 amide bonds. The topological polar surface area (TPSA) is 69.0 Å². The second-order valence-electron chi connectivity index (χ2n) is 5.07. The number of hydrogen-bond acceptors (Lipinski definition) is 5. The number of nitrogens with zero attached hydrogens (tertiary/aromatic N) is 3. The van der Waals surface area contributed by atoms with Crippen molar-refractivity contribution in [3.8, 4) is 5.75 Å². The predicted molar refractivity (Wildman–Crippen MR) is 86.7 cm³/mol. The number of nitrogens with one attached hydrogen (secondary N) is 1. The summed E-state index contributed by atoms with van der Waals surface area (Å²) in [5, 5.41) is 6.82. The summed E-state index contributed by atoms with van der Waals surface area (Å²) >= 11 is 1.31. The summed E-state index contributed by atoms with van der Waals surface area (Å²) in [6.45, 7) is 1.47. The van der Waals surface area contributed by atoms with Crippen molar-refractivity contribution < 1.29 is 18.3 Å². The number of rotatable bonds is 5. The van der Waals surface area contributed by atoms with E-state index in [9.17, 15) is 13.6 Å². The van der Waals surface area contributed by atoms with Crippen LogP contribution in [0, 0.1) is 6.92 Å². The van der Waals surface area contributed by atoms with Gasteiger partial charge < -0.3 is 10.1 Å². The molecule has 9 heteroatoms. The van der Waals surface area contributed by atoms with E-state index < -0.39 is 6.43 Å². The smallest absolute Gasteiger partial charge is 0.282 e. The number of carbonyl (C=O) groups is 1. The summed E-state index contributed by atoms with van der Waals surface area (Å²) in [6, 6.07) is 6.68. The average molecular weight is 352 g/mol. The molecule has 6 nitrogen and oxygen atoms in total. The van der Waals surface area contributed by atoms with Crippen LogP contribution in [0.2, 0.25) is 0 Å². The van der Waals surface area contributed by atoms with Crippen molar-refractivity contribution in [2.75, 3.05) is 12.4 Å². The molecule has 2 aromatic heterocycles. The van der Waals surface area contributed by atoms with E-state index in [1.165, 1.54) is 22.1 Å². The van der Waals surface area contributed by atoms with E-state index in [0.717, 1.165) is 10.2 Å². The fourth-order valence-corrected chi connectivity index (χ4v) is 3.09. The van der Waals surface area contributed by atoms with Gasteiger partial charge in [-0.3, -0.25) is 9.48 Å². The summed E-state index contributed by atoms with van der Waals surface area (Å²) in [5.74, 6) is 0.323. The summed E-state index contributed by atoms with van der Waals surface area (Å²) < 4.78 is 32.5. The average Bonchev–Trinajstić information content (AvgIpc) is 3.09. The number of thiazole rings is 1. The van der Waals surface area contributed by atoms with Crippen LogP contribution in [-0.2, 0) is 11.3 Å². The molecular formula is C15H14F2N4O2S. The number of halogens is 2. The van der Waals surface area contributed by atoms with Crippen LogP contribution in [0.4, 0.5) is 13.9 Å². The van der Waals surface area contributed by atoms with Crippen molar-refractivity contribution in [2.24, 2.45) is 0 Å². The van der Waals surface area contributed by atoms with Crippen LogP contribution in [0.25, 0.3) is 10.2 Å². The first-order valence-electron chi connectivity index (χ1n) is 7.03. The van der Waals surface area contributed by atoms with E-state index in [1.807, 2.05) is 6.07 Å². The van der Waals surface area contributed by atoms with Crippen LogP contribution in [0.15, 0.2) is 24.3 Å². The van der Waals surface area contributed by atoms with Gasteiger partial charge in [-0.05, 0) is 31.2 Å². The SMILES string of the molecule is COc1ccc2nc(NC(=O)Cn3nc(C(F)F)cc3C)sc2c1. The Morgan fingerprint density at radius 2 is 2.21 bits per heavy atom. The lowest BCUT2D eigenvalue weighted by molar-refractivity contribution is -0.117. The lowest BCUT2D eigenvalue weighted by Gasteiger charge is -2.04. The van der Waals surface area contributed by atoms with Crippen LogP contribution in [0.3, 0.4) is 0 Å². The maximum atomic E-state index is 12.6. The highest BCUT2D eigenvalue weighted by atomic mass is 32.1. The van der Waals surface area contributed by atoms with Crippen molar-refractivity contribution in [1.82, 2.24) is 14.8 Å². The van der Waals surface area contributed by atoms with E-state index in [1.54, 1.807) is 26.2 Å². The second kappa shape index (κ2) is 6.52. The number of aryl methyl sites for hydroxylation is 1. The van der Waals surface area contributed by atoms with Gasteiger partial charge in [0.25, 0.3) is 6.43 Å². The molecular weight excluding hydrogens is 338 g/mol. The van der Waals surface area contributed by atoms with Crippen molar-refractivity contribution >= 4 is 32.6 Å². The van der Waals surface area contributed by atoms with Gasteiger partial charge in [0.05, 0.1) is 17.3 Å². The van der Waals surface area contributed by atoms with Crippen LogP contribution in [0.1, 0.15) is 17.8 Å². The first kappa shape index (κ1) is 16.3. The van der Waals surface area contributed by atoms with Gasteiger partial charge in [-0.1, -0.05) is 11.3 Å². The monoisotopic (exact) mass is 352 g/mol. The number of carbonyl (C=O) groups excluding carboxylic acids is 1. The Bertz CT molecular complexity index is 891. The van der Waals surface area contributed by atoms with Crippen LogP contribution in [-0.4, -0.2) is 27.8 Å². The highest BCUT2D eigenvalue weighted by molar-refractivity contribution is 7.22. The molecule has 3 rings (SSSR count). The normalized spacial score (nSPS) is 11.2. The molecule has 1 N–H and O–H groups in total. The van der Waals surface area contributed by atoms with Gasteiger partial charge in [0.1, 0.15) is 18.0 Å². The Labute approximate surface area is 140 Å². The largest absolute Gasteiger partial charge is 0.497 e. The zero-order chi connectivity index (χ0) is 17.3. The number of ether oxygens (including phenoxy) is 1. The zero-order valence-electron chi connectivity index (χ0n) is 12.9. The van der Waals surface area contributed by atoms with Crippen molar-refractivity contribution in [2.45, 2.75) is 19.9 Å². The molecule has 2 heterocycles. The lowest BCUT2D eigenvalue weighted by atomic mass is 10.3. The fraction of sp³-hybridized carbons (Fsp3) is 0.267. The third-order valence-electron chi connectivity index (χ3n) is 3.36. The van der Waals surface area contributed by atoms with Gasteiger partial charge >= 0.3 is 0 Å². The van der Waals surface area contributed by atoms with E-state index in [0.29, 0.717) is 16.6 Å². The molecule has 1 aromatic carbocycles. The molecule has 0 aliphatic carbocycles. The summed E-state index contributed by atoms with van der Waals surface area (Å²) in [7, 11) is 1.57. The molecule has 0 atom stereocenters. The fourth-order valence-electron chi connectivity index (χ4n) is 2.18. The maximum Gasteiger partial charge on any atom is 0.282 e. The van der Waals surface area contributed by atoms with E-state index in [2.05, 4.69) is 15.4 Å². The summed E-state index contributed by atoms with van der Waals surface area (Å²) in [5.41, 5.74) is 0.897. The quantitative estimate of drug-likeness (QED) is 0.764. The third-order valence-corrected chi connectivity index (χ3v) is 4.29. The molecule has 24 heavy (non-hydrogen) atoms. The Morgan fingerprint density at radius 1 is 1.42 bits per heavy atom. The molecule has 126 valence electrons. The molecule has 0 aliphatic rings. The number of benzene rings is 1. The van der Waals surface area contributed by atoms with Crippen LogP contribution in [0.5, 0.6) is 5.75 Å². The molecule has 0 unspecified atom stereocenters. The third kappa shape index (κ3) is 3.35. The van der Waals surface area contributed by atoms with Gasteiger partial charge in [-0.15, -0.1) is 0 Å². The van der Waals surface area contributed by atoms with E-state index in [4.69, 9.17) is 4.74 Å². The molecule has 3 aromatic rings. The predicted octanol–water partition coefficient (Wildman–Crippen LogP) is 3.39. The number of anilines is 1. The summed E-state index contributed by atoms with van der Waals surface area (Å²) in [4.78, 5) is 16.4. The number of fused-ring (bicyclic) bond motifs is 1. The Hall–Kier alpha value is -2.55. The van der Waals surface area contributed by atoms with Crippen LogP contribution >= 0.6 is 11.3 Å². The van der Waals surface area contributed by atoms with Crippen molar-refractivity contribution in [3.63, 3.8) is 0 Å². The zero-order valence-corrected chi connectivity index (χ0v) is 13.7. The first-order valence-corrected chi connectivity index (χ1v) is 7.85. The van der Waals surface area contributed by atoms with E-state index >= 15 is 0 Å². The van der Waals surface area contributed by atoms with Gasteiger partial charge in [0, 0.05) is 5.69 Å². The number of hydrogen-bond donors (Lipinski definition) is 1. The van der Waals surface area contributed by atoms with Crippen molar-refractivity contribution in [1.29, 1.82) is 0 Å². The van der Waals surface area contributed by atoms with Crippen molar-refractivity contribution in [3.05, 3.63) is 35.7 Å². The highest BCUT2D eigenvalue weighted by Crippen LogP contribution is 2.29. The molecule has 0 radical (unpaired) electrons. The molecule has 0 fully saturated rings. The minimum Gasteiger partial charge on any atom is -0.497 e. The molecule has 0 saturated heterocycles. The van der Waals surface area contributed by atoms with Gasteiger partial charge in [-0.2, -0.15) is 5.10 Å². The number of methoxy groups -OCH3 is 1. The Balaban J connectivity index is 1.73. The molecule has 0 aliphatic heterocycles. The molecule has 0 bridgehead atoms. The second-order valence-corrected chi connectivity index (χ2v) is 6.10. The minimum atomic E-state index is -2.66. The van der Waals surface area contributed by atoms with Gasteiger partial charge in [-0.25, -0.2) is 13.8 Å².